The van der Waals surface area contributed by atoms with Crippen LogP contribution >= 0.6 is 15.9 Å². The highest BCUT2D eigenvalue weighted by Gasteiger charge is 2.14. The lowest BCUT2D eigenvalue weighted by molar-refractivity contribution is 0.272. The van der Waals surface area contributed by atoms with Gasteiger partial charge in [-0.2, -0.15) is 0 Å². The van der Waals surface area contributed by atoms with Crippen LogP contribution in [0.2, 0.25) is 0 Å². The fourth-order valence-electron chi connectivity index (χ4n) is 1.61. The summed E-state index contributed by atoms with van der Waals surface area (Å²) >= 11 is 3.48. The second kappa shape index (κ2) is 7.84. The average Bonchev–Trinajstić information content (AvgIpc) is 2.37. The first-order valence-corrected chi connectivity index (χ1v) is 7.47. The van der Waals surface area contributed by atoms with Crippen LogP contribution in [0.4, 0.5) is 4.39 Å². The molecule has 0 aliphatic carbocycles. The monoisotopic (exact) mass is 347 g/mol. The highest BCUT2D eigenvalue weighted by Crippen LogP contribution is 2.36. The Morgan fingerprint density at radius 2 is 2.00 bits per heavy atom. The first-order valence-electron chi connectivity index (χ1n) is 6.67. The van der Waals surface area contributed by atoms with Crippen LogP contribution in [-0.4, -0.2) is 25.9 Å². The van der Waals surface area contributed by atoms with E-state index in [4.69, 9.17) is 9.47 Å². The molecule has 0 saturated heterocycles. The molecule has 0 aliphatic heterocycles. The molecule has 1 N–H and O–H groups in total. The average molecular weight is 348 g/mol. The zero-order valence-corrected chi connectivity index (χ0v) is 14.1. The summed E-state index contributed by atoms with van der Waals surface area (Å²) in [7, 11) is 1.60. The normalized spacial score (nSPS) is 11.5. The first-order chi connectivity index (χ1) is 9.37. The molecule has 0 radical (unpaired) electrons. The Hall–Kier alpha value is -0.810. The molecule has 0 spiro atoms. The number of alkyl halides is 1. The van der Waals surface area contributed by atoms with Crippen molar-refractivity contribution in [3.63, 3.8) is 0 Å². The molecule has 114 valence electrons. The molecule has 0 unspecified atom stereocenters. The van der Waals surface area contributed by atoms with E-state index in [-0.39, 0.29) is 12.2 Å². The molecule has 0 heterocycles. The molecule has 0 saturated carbocycles. The minimum absolute atomic E-state index is 0.0516. The Bertz CT molecular complexity index is 433. The maximum absolute atomic E-state index is 12.1. The summed E-state index contributed by atoms with van der Waals surface area (Å²) in [4.78, 5) is 0. The van der Waals surface area contributed by atoms with Crippen molar-refractivity contribution in [2.24, 2.45) is 0 Å². The van der Waals surface area contributed by atoms with Gasteiger partial charge in [-0.3, -0.25) is 4.39 Å². The van der Waals surface area contributed by atoms with Crippen molar-refractivity contribution in [3.8, 4) is 11.5 Å². The summed E-state index contributed by atoms with van der Waals surface area (Å²) in [6.07, 6.45) is 0.378. The molecule has 1 rings (SSSR count). The lowest BCUT2D eigenvalue weighted by atomic mass is 10.1. The highest BCUT2D eigenvalue weighted by molar-refractivity contribution is 9.10. The largest absolute Gasteiger partial charge is 0.493 e. The van der Waals surface area contributed by atoms with Crippen LogP contribution < -0.4 is 14.8 Å². The van der Waals surface area contributed by atoms with E-state index in [1.54, 1.807) is 7.11 Å². The van der Waals surface area contributed by atoms with Gasteiger partial charge in [0, 0.05) is 18.5 Å². The van der Waals surface area contributed by atoms with Crippen molar-refractivity contribution in [2.75, 3.05) is 20.4 Å². The Balaban J connectivity index is 2.83. The van der Waals surface area contributed by atoms with Gasteiger partial charge in [-0.25, -0.2) is 0 Å². The molecule has 1 aromatic carbocycles. The van der Waals surface area contributed by atoms with Crippen molar-refractivity contribution in [2.45, 2.75) is 39.3 Å². The van der Waals surface area contributed by atoms with Crippen molar-refractivity contribution in [1.29, 1.82) is 0 Å². The Labute approximate surface area is 129 Å². The number of ether oxygens (including phenoxy) is 2. The summed E-state index contributed by atoms with van der Waals surface area (Å²) in [5.74, 6) is 1.28. The summed E-state index contributed by atoms with van der Waals surface area (Å²) in [6, 6.07) is 3.93. The van der Waals surface area contributed by atoms with Gasteiger partial charge < -0.3 is 14.8 Å². The standard InChI is InChI=1S/C15H23BrFNO2/c1-15(2,3)18-10-11-8-12(16)14(13(9-11)19-4)20-7-5-6-17/h8-9,18H,5-7,10H2,1-4H3. The third-order valence-corrected chi connectivity index (χ3v) is 3.23. The zero-order valence-electron chi connectivity index (χ0n) is 12.6. The van der Waals surface area contributed by atoms with E-state index in [1.165, 1.54) is 0 Å². The molecule has 20 heavy (non-hydrogen) atoms. The SMILES string of the molecule is COc1cc(CNC(C)(C)C)cc(Br)c1OCCCF. The summed E-state index contributed by atoms with van der Waals surface area (Å²) in [6.45, 7) is 7.05. The van der Waals surface area contributed by atoms with Gasteiger partial charge in [0.15, 0.2) is 11.5 Å². The molecule has 0 fully saturated rings. The Morgan fingerprint density at radius 3 is 2.55 bits per heavy atom. The van der Waals surface area contributed by atoms with E-state index in [9.17, 15) is 4.39 Å². The quantitative estimate of drug-likeness (QED) is 0.753. The van der Waals surface area contributed by atoms with Crippen LogP contribution in [0.3, 0.4) is 0 Å². The van der Waals surface area contributed by atoms with Crippen LogP contribution in [-0.2, 0) is 6.54 Å². The van der Waals surface area contributed by atoms with Gasteiger partial charge >= 0.3 is 0 Å². The van der Waals surface area contributed by atoms with Crippen LogP contribution in [0, 0.1) is 0 Å². The van der Waals surface area contributed by atoms with Crippen LogP contribution in [0.1, 0.15) is 32.8 Å². The van der Waals surface area contributed by atoms with Gasteiger partial charge in [0.25, 0.3) is 0 Å². The van der Waals surface area contributed by atoms with Crippen LogP contribution in [0.25, 0.3) is 0 Å². The number of rotatable bonds is 7. The van der Waals surface area contributed by atoms with E-state index in [0.29, 0.717) is 24.5 Å². The molecule has 0 aliphatic rings. The Kier molecular flexibility index (Phi) is 6.76. The highest BCUT2D eigenvalue weighted by atomic mass is 79.9. The second-order valence-electron chi connectivity index (χ2n) is 5.60. The third-order valence-electron chi connectivity index (χ3n) is 2.64. The van der Waals surface area contributed by atoms with Crippen LogP contribution in [0.15, 0.2) is 16.6 Å². The number of hydrogen-bond donors (Lipinski definition) is 1. The molecule has 3 nitrogen and oxygen atoms in total. The lowest BCUT2D eigenvalue weighted by Gasteiger charge is -2.21. The predicted octanol–water partition coefficient (Wildman–Crippen LogP) is 4.08. The second-order valence-corrected chi connectivity index (χ2v) is 6.46. The van der Waals surface area contributed by atoms with E-state index < -0.39 is 0 Å². The number of nitrogens with one attached hydrogen (secondary N) is 1. The van der Waals surface area contributed by atoms with Gasteiger partial charge in [-0.1, -0.05) is 0 Å². The predicted molar refractivity (Wildman–Crippen MR) is 83.4 cm³/mol. The molecule has 0 atom stereocenters. The molecular weight excluding hydrogens is 325 g/mol. The first kappa shape index (κ1) is 17.2. The molecule has 0 amide bonds. The zero-order chi connectivity index (χ0) is 15.2. The van der Waals surface area contributed by atoms with Gasteiger partial charge in [0.05, 0.1) is 24.9 Å². The van der Waals surface area contributed by atoms with Crippen LogP contribution in [0.5, 0.6) is 11.5 Å². The number of methoxy groups -OCH3 is 1. The fraction of sp³-hybridized carbons (Fsp3) is 0.600. The molecule has 1 aromatic rings. The summed E-state index contributed by atoms with van der Waals surface area (Å²) in [5.41, 5.74) is 1.15. The van der Waals surface area contributed by atoms with Crippen molar-refractivity contribution >= 4 is 15.9 Å². The molecule has 5 heteroatoms. The minimum atomic E-state index is -0.381. The number of hydrogen-bond acceptors (Lipinski definition) is 3. The van der Waals surface area contributed by atoms with Crippen molar-refractivity contribution in [1.82, 2.24) is 5.32 Å². The number of halogens is 2. The van der Waals surface area contributed by atoms with E-state index in [0.717, 1.165) is 16.6 Å². The maximum Gasteiger partial charge on any atom is 0.175 e. The molecule has 0 aromatic heterocycles. The van der Waals surface area contributed by atoms with Gasteiger partial charge in [-0.05, 0) is 54.4 Å². The van der Waals surface area contributed by atoms with E-state index >= 15 is 0 Å². The minimum Gasteiger partial charge on any atom is -0.493 e. The van der Waals surface area contributed by atoms with Crippen molar-refractivity contribution in [3.05, 3.63) is 22.2 Å². The van der Waals surface area contributed by atoms with Gasteiger partial charge in [0.2, 0.25) is 0 Å². The topological polar surface area (TPSA) is 30.5 Å². The fourth-order valence-corrected chi connectivity index (χ4v) is 2.22. The summed E-state index contributed by atoms with van der Waals surface area (Å²) < 4.78 is 23.9. The lowest BCUT2D eigenvalue weighted by Crippen LogP contribution is -2.35. The van der Waals surface area contributed by atoms with E-state index in [2.05, 4.69) is 42.0 Å². The number of benzene rings is 1. The molecule has 0 bridgehead atoms. The molecular formula is C15H23BrFNO2. The van der Waals surface area contributed by atoms with Gasteiger partial charge in [-0.15, -0.1) is 0 Å². The maximum atomic E-state index is 12.1. The smallest absolute Gasteiger partial charge is 0.175 e. The Morgan fingerprint density at radius 1 is 1.30 bits per heavy atom. The summed E-state index contributed by atoms with van der Waals surface area (Å²) in [5, 5.41) is 3.42. The van der Waals surface area contributed by atoms with E-state index in [1.807, 2.05) is 12.1 Å². The third kappa shape index (κ3) is 5.67. The van der Waals surface area contributed by atoms with Gasteiger partial charge in [0.1, 0.15) is 0 Å². The van der Waals surface area contributed by atoms with Crippen molar-refractivity contribution < 1.29 is 13.9 Å².